The van der Waals surface area contributed by atoms with E-state index in [1.807, 2.05) is 48.5 Å². The fourth-order valence-corrected chi connectivity index (χ4v) is 4.82. The van der Waals surface area contributed by atoms with Gasteiger partial charge in [-0.2, -0.15) is 0 Å². The molecule has 4 rings (SSSR count). The Morgan fingerprint density at radius 1 is 0.744 bits per heavy atom. The van der Waals surface area contributed by atoms with Crippen LogP contribution in [0.4, 0.5) is 0 Å². The highest BCUT2D eigenvalue weighted by Crippen LogP contribution is 2.21. The summed E-state index contributed by atoms with van der Waals surface area (Å²) < 4.78 is 0. The minimum atomic E-state index is -1.29. The second-order valence-corrected chi connectivity index (χ2v) is 10.4. The van der Waals surface area contributed by atoms with Crippen molar-refractivity contribution in [2.24, 2.45) is 5.73 Å². The Labute approximate surface area is 246 Å². The van der Waals surface area contributed by atoms with E-state index in [0.717, 1.165) is 21.8 Å². The number of nitrogens with one attached hydrogen (secondary N) is 5. The van der Waals surface area contributed by atoms with Crippen LogP contribution in [0.5, 0.6) is 0 Å². The third-order valence-electron chi connectivity index (χ3n) is 7.20. The lowest BCUT2D eigenvalue weighted by atomic mass is 10.0. The summed E-state index contributed by atoms with van der Waals surface area (Å²) in [5, 5.41) is 28.1. The molecule has 4 aromatic rings. The first-order valence-electron chi connectivity index (χ1n) is 13.7. The monoisotopic (exact) mass is 590 g/mol. The van der Waals surface area contributed by atoms with Crippen molar-refractivity contribution in [3.8, 4) is 0 Å². The number of fused-ring (bicyclic) bond motifs is 2. The van der Waals surface area contributed by atoms with E-state index in [4.69, 9.17) is 10.8 Å². The number of aromatic nitrogens is 2. The van der Waals surface area contributed by atoms with Gasteiger partial charge in [0.2, 0.25) is 17.7 Å². The van der Waals surface area contributed by atoms with Gasteiger partial charge in [-0.1, -0.05) is 36.4 Å². The van der Waals surface area contributed by atoms with E-state index in [2.05, 4.69) is 25.9 Å². The molecule has 13 heteroatoms. The zero-order valence-electron chi connectivity index (χ0n) is 23.4. The van der Waals surface area contributed by atoms with E-state index in [0.29, 0.717) is 11.1 Å². The Balaban J connectivity index is 1.51. The zero-order chi connectivity index (χ0) is 31.1. The number of hydrogen-bond acceptors (Lipinski definition) is 6. The first-order chi connectivity index (χ1) is 20.5. The number of nitrogens with two attached hydrogens (primary N) is 1. The van der Waals surface area contributed by atoms with Crippen molar-refractivity contribution in [2.75, 3.05) is 0 Å². The molecule has 4 unspecified atom stereocenters. The second-order valence-electron chi connectivity index (χ2n) is 10.4. The summed E-state index contributed by atoms with van der Waals surface area (Å²) >= 11 is 0. The molecular weight excluding hydrogens is 556 g/mol. The largest absolute Gasteiger partial charge is 0.481 e. The number of para-hydroxylation sites is 2. The molecular formula is C30H34N6O7. The number of aliphatic carboxylic acids is 2. The van der Waals surface area contributed by atoms with E-state index >= 15 is 0 Å². The van der Waals surface area contributed by atoms with Gasteiger partial charge in [0.15, 0.2) is 0 Å². The molecule has 13 nitrogen and oxygen atoms in total. The SMILES string of the molecule is CC(NC(=O)C(N)CCC(=O)O)C(=O)NC(Cc1c[nH]c2ccccc12)C(=O)NC(Cc1c[nH]c2ccccc12)C(=O)O. The van der Waals surface area contributed by atoms with Crippen molar-refractivity contribution in [1.29, 1.82) is 0 Å². The summed E-state index contributed by atoms with van der Waals surface area (Å²) in [5.41, 5.74) is 8.82. The fraction of sp³-hybridized carbons (Fsp3) is 0.300. The lowest BCUT2D eigenvalue weighted by Crippen LogP contribution is -2.57. The Hall–Kier alpha value is -5.17. The van der Waals surface area contributed by atoms with Crippen molar-refractivity contribution in [2.45, 2.75) is 56.8 Å². The number of carbonyl (C=O) groups excluding carboxylic acids is 3. The second kappa shape index (κ2) is 13.7. The zero-order valence-corrected chi connectivity index (χ0v) is 23.4. The van der Waals surface area contributed by atoms with Crippen LogP contribution in [0, 0.1) is 0 Å². The Morgan fingerprint density at radius 2 is 1.26 bits per heavy atom. The average Bonchev–Trinajstić information content (AvgIpc) is 3.58. The summed E-state index contributed by atoms with van der Waals surface area (Å²) in [6.07, 6.45) is 3.01. The highest BCUT2D eigenvalue weighted by atomic mass is 16.4. The maximum absolute atomic E-state index is 13.6. The lowest BCUT2D eigenvalue weighted by molar-refractivity contribution is -0.142. The smallest absolute Gasteiger partial charge is 0.326 e. The molecule has 4 atom stereocenters. The molecule has 0 aliphatic heterocycles. The summed E-state index contributed by atoms with van der Waals surface area (Å²) in [4.78, 5) is 68.3. The predicted octanol–water partition coefficient (Wildman–Crippen LogP) is 1.19. The number of carbonyl (C=O) groups is 5. The Bertz CT molecular complexity index is 1640. The molecule has 0 saturated carbocycles. The number of hydrogen-bond donors (Lipinski definition) is 8. The number of rotatable bonds is 14. The van der Waals surface area contributed by atoms with Crippen LogP contribution in [-0.2, 0) is 36.8 Å². The third kappa shape index (κ3) is 7.77. The molecule has 0 fully saturated rings. The van der Waals surface area contributed by atoms with E-state index in [-0.39, 0.29) is 25.7 Å². The van der Waals surface area contributed by atoms with Crippen LogP contribution in [0.2, 0.25) is 0 Å². The summed E-state index contributed by atoms with van der Waals surface area (Å²) in [6.45, 7) is 1.40. The van der Waals surface area contributed by atoms with Gasteiger partial charge in [-0.05, 0) is 36.6 Å². The van der Waals surface area contributed by atoms with Gasteiger partial charge in [0.25, 0.3) is 0 Å². The number of carboxylic acids is 2. The van der Waals surface area contributed by atoms with Crippen LogP contribution in [0.15, 0.2) is 60.9 Å². The van der Waals surface area contributed by atoms with Gasteiger partial charge in [-0.3, -0.25) is 19.2 Å². The van der Waals surface area contributed by atoms with Crippen LogP contribution in [0.1, 0.15) is 30.9 Å². The topological polar surface area (TPSA) is 219 Å². The van der Waals surface area contributed by atoms with Crippen molar-refractivity contribution < 1.29 is 34.2 Å². The quantitative estimate of drug-likeness (QED) is 0.106. The minimum absolute atomic E-state index is 0.000466. The Kier molecular flexibility index (Phi) is 9.78. The van der Waals surface area contributed by atoms with Crippen LogP contribution in [0.25, 0.3) is 21.8 Å². The molecule has 2 aromatic heterocycles. The molecule has 0 spiro atoms. The van der Waals surface area contributed by atoms with Crippen LogP contribution in [-0.4, -0.2) is 74.0 Å². The first-order valence-corrected chi connectivity index (χ1v) is 13.7. The minimum Gasteiger partial charge on any atom is -0.481 e. The summed E-state index contributed by atoms with van der Waals surface area (Å²) in [6, 6.07) is 10.0. The highest BCUT2D eigenvalue weighted by molar-refractivity contribution is 5.95. The van der Waals surface area contributed by atoms with Crippen molar-refractivity contribution in [3.63, 3.8) is 0 Å². The molecule has 0 bridgehead atoms. The number of H-pyrrole nitrogens is 2. The number of amides is 3. The predicted molar refractivity (Wildman–Crippen MR) is 158 cm³/mol. The van der Waals surface area contributed by atoms with E-state index in [9.17, 15) is 29.1 Å². The maximum atomic E-state index is 13.6. The fourth-order valence-electron chi connectivity index (χ4n) is 4.82. The van der Waals surface area contributed by atoms with Crippen LogP contribution >= 0.6 is 0 Å². The summed E-state index contributed by atoms with van der Waals surface area (Å²) in [7, 11) is 0. The van der Waals surface area contributed by atoms with E-state index < -0.39 is 53.8 Å². The number of aromatic amines is 2. The molecule has 2 heterocycles. The standard InChI is InChI=1S/C30H34N6O7/c1-16(34-28(40)21(31)10-11-26(37)38)27(39)35-24(12-17-14-32-22-8-4-2-6-19(17)22)29(41)36-25(30(42)43)13-18-15-33-23-9-5-3-7-20(18)23/h2-9,14-16,21,24-25,32-33H,10-13,31H2,1H3,(H,34,40)(H,35,39)(H,36,41)(H,37,38)(H,42,43). The van der Waals surface area contributed by atoms with Gasteiger partial charge in [0.05, 0.1) is 6.04 Å². The molecule has 2 aromatic carbocycles. The average molecular weight is 591 g/mol. The van der Waals surface area contributed by atoms with E-state index in [1.54, 1.807) is 12.4 Å². The number of carboxylic acid groups (broad SMARTS) is 2. The molecule has 0 saturated heterocycles. The molecule has 226 valence electrons. The molecule has 0 aliphatic rings. The summed E-state index contributed by atoms with van der Waals surface area (Å²) in [5.74, 6) is -4.49. The normalized spacial score (nSPS) is 14.0. The van der Waals surface area contributed by atoms with Crippen molar-refractivity contribution >= 4 is 51.5 Å². The first kappa shape index (κ1) is 30.8. The molecule has 43 heavy (non-hydrogen) atoms. The molecule has 0 aliphatic carbocycles. The lowest BCUT2D eigenvalue weighted by Gasteiger charge is -2.24. The van der Waals surface area contributed by atoms with Gasteiger partial charge in [0.1, 0.15) is 18.1 Å². The van der Waals surface area contributed by atoms with Gasteiger partial charge < -0.3 is 41.9 Å². The third-order valence-corrected chi connectivity index (χ3v) is 7.20. The van der Waals surface area contributed by atoms with Crippen LogP contribution in [0.3, 0.4) is 0 Å². The highest BCUT2D eigenvalue weighted by Gasteiger charge is 2.30. The maximum Gasteiger partial charge on any atom is 0.326 e. The van der Waals surface area contributed by atoms with Crippen LogP contribution < -0.4 is 21.7 Å². The van der Waals surface area contributed by atoms with Gasteiger partial charge >= 0.3 is 11.9 Å². The van der Waals surface area contributed by atoms with E-state index in [1.165, 1.54) is 6.92 Å². The van der Waals surface area contributed by atoms with Crippen molar-refractivity contribution in [1.82, 2.24) is 25.9 Å². The van der Waals surface area contributed by atoms with Crippen molar-refractivity contribution in [3.05, 3.63) is 72.1 Å². The number of benzene rings is 2. The molecule has 0 radical (unpaired) electrons. The Morgan fingerprint density at radius 3 is 1.79 bits per heavy atom. The van der Waals surface area contributed by atoms with Gasteiger partial charge in [-0.15, -0.1) is 0 Å². The van der Waals surface area contributed by atoms with Gasteiger partial charge in [-0.25, -0.2) is 4.79 Å². The van der Waals surface area contributed by atoms with Gasteiger partial charge in [0, 0.05) is 53.5 Å². The molecule has 3 amide bonds. The molecule has 9 N–H and O–H groups in total.